The van der Waals surface area contributed by atoms with Crippen LogP contribution in [0.4, 0.5) is 0 Å². The van der Waals surface area contributed by atoms with Crippen LogP contribution in [0, 0.1) is 0 Å². The van der Waals surface area contributed by atoms with Gasteiger partial charge in [0.25, 0.3) is 5.91 Å². The summed E-state index contributed by atoms with van der Waals surface area (Å²) in [5, 5.41) is 0.707. The number of piperazine rings is 1. The molecule has 0 aliphatic carbocycles. The number of carbonyl (C=O) groups is 1. The molecule has 0 unspecified atom stereocenters. The van der Waals surface area contributed by atoms with Gasteiger partial charge in [0.05, 0.1) is 15.8 Å². The lowest BCUT2D eigenvalue weighted by molar-refractivity contribution is -0.134. The predicted molar refractivity (Wildman–Crippen MR) is 115 cm³/mol. The smallest absolute Gasteiger partial charge is 0.260 e. The van der Waals surface area contributed by atoms with Crippen molar-refractivity contribution >= 4 is 42.8 Å². The Bertz CT molecular complexity index is 1170. The van der Waals surface area contributed by atoms with Gasteiger partial charge in [0.1, 0.15) is 6.33 Å². The van der Waals surface area contributed by atoms with Gasteiger partial charge in [-0.05, 0) is 30.3 Å². The highest BCUT2D eigenvalue weighted by atomic mass is 79.9. The van der Waals surface area contributed by atoms with E-state index in [0.29, 0.717) is 24.4 Å². The Hall–Kier alpha value is -2.56. The molecule has 10 heteroatoms. The molecule has 0 spiro atoms. The molecule has 0 N–H and O–H groups in total. The van der Waals surface area contributed by atoms with Crippen LogP contribution in [0.5, 0.6) is 5.88 Å². The minimum Gasteiger partial charge on any atom is -0.467 e. The third kappa shape index (κ3) is 4.30. The molecule has 1 amide bonds. The lowest BCUT2D eigenvalue weighted by Gasteiger charge is -2.33. The van der Waals surface area contributed by atoms with Crippen molar-refractivity contribution in [2.45, 2.75) is 4.90 Å². The molecule has 1 saturated heterocycles. The molecule has 30 heavy (non-hydrogen) atoms. The summed E-state index contributed by atoms with van der Waals surface area (Å²) in [6.07, 6.45) is 1.39. The standard InChI is InChI=1S/C20H19BrN4O4S/c21-15-6-7-18-17(12-15)20(23-14-22-18)29-13-19(26)24-8-10-25(11-9-24)30(27,28)16-4-2-1-3-5-16/h1-7,12,14H,8-11,13H2. The first-order chi connectivity index (χ1) is 14.4. The van der Waals surface area contributed by atoms with Crippen molar-refractivity contribution in [2.75, 3.05) is 32.8 Å². The second-order valence-corrected chi connectivity index (χ2v) is 9.58. The van der Waals surface area contributed by atoms with Crippen LogP contribution in [-0.2, 0) is 14.8 Å². The molecule has 8 nitrogen and oxygen atoms in total. The maximum Gasteiger partial charge on any atom is 0.260 e. The predicted octanol–water partition coefficient (Wildman–Crippen LogP) is 2.30. The number of halogens is 1. The Morgan fingerprint density at radius 3 is 2.50 bits per heavy atom. The van der Waals surface area contributed by atoms with Gasteiger partial charge < -0.3 is 9.64 Å². The van der Waals surface area contributed by atoms with Crippen molar-refractivity contribution in [1.82, 2.24) is 19.2 Å². The van der Waals surface area contributed by atoms with Gasteiger partial charge in [-0.2, -0.15) is 4.31 Å². The average molecular weight is 491 g/mol. The molecule has 1 aliphatic heterocycles. The SMILES string of the molecule is O=C(COc1ncnc2ccc(Br)cc12)N1CCN(S(=O)(=O)c2ccccc2)CC1. The van der Waals surface area contributed by atoms with Crippen molar-refractivity contribution in [3.63, 3.8) is 0 Å². The maximum absolute atomic E-state index is 12.7. The summed E-state index contributed by atoms with van der Waals surface area (Å²) >= 11 is 3.41. The second-order valence-electron chi connectivity index (χ2n) is 6.73. The Balaban J connectivity index is 1.37. The Kier molecular flexibility index (Phi) is 5.98. The molecule has 4 rings (SSSR count). The molecule has 2 aromatic carbocycles. The van der Waals surface area contributed by atoms with Crippen molar-refractivity contribution in [1.29, 1.82) is 0 Å². The molecule has 1 aromatic heterocycles. The number of carbonyl (C=O) groups excluding carboxylic acids is 1. The lowest BCUT2D eigenvalue weighted by Crippen LogP contribution is -2.51. The number of benzene rings is 2. The van der Waals surface area contributed by atoms with Gasteiger partial charge in [-0.3, -0.25) is 4.79 Å². The summed E-state index contributed by atoms with van der Waals surface area (Å²) in [5.74, 6) is 0.119. The summed E-state index contributed by atoms with van der Waals surface area (Å²) in [7, 11) is -3.55. The fourth-order valence-corrected chi connectivity index (χ4v) is 5.07. The highest BCUT2D eigenvalue weighted by molar-refractivity contribution is 9.10. The minimum absolute atomic E-state index is 0.177. The van der Waals surface area contributed by atoms with Gasteiger partial charge >= 0.3 is 0 Å². The molecule has 156 valence electrons. The molecule has 0 saturated carbocycles. The molecular formula is C20H19BrN4O4S. The number of aromatic nitrogens is 2. The molecule has 0 radical (unpaired) electrons. The van der Waals surface area contributed by atoms with E-state index in [-0.39, 0.29) is 30.5 Å². The van der Waals surface area contributed by atoms with E-state index >= 15 is 0 Å². The fourth-order valence-electron chi connectivity index (χ4n) is 3.26. The normalized spacial score (nSPS) is 15.3. The van der Waals surface area contributed by atoms with Gasteiger partial charge in [0.15, 0.2) is 6.61 Å². The van der Waals surface area contributed by atoms with Crippen LogP contribution in [0.1, 0.15) is 0 Å². The quantitative estimate of drug-likeness (QED) is 0.544. The second kappa shape index (κ2) is 8.66. The third-order valence-corrected chi connectivity index (χ3v) is 7.27. The molecular weight excluding hydrogens is 472 g/mol. The number of nitrogens with zero attached hydrogens (tertiary/aromatic N) is 4. The summed E-state index contributed by atoms with van der Waals surface area (Å²) < 4.78 is 33.3. The highest BCUT2D eigenvalue weighted by Crippen LogP contribution is 2.25. The molecule has 0 bridgehead atoms. The van der Waals surface area contributed by atoms with E-state index in [1.807, 2.05) is 18.2 Å². The maximum atomic E-state index is 12.7. The monoisotopic (exact) mass is 490 g/mol. The number of rotatable bonds is 5. The number of sulfonamides is 1. The molecule has 2 heterocycles. The number of fused-ring (bicyclic) bond motifs is 1. The zero-order chi connectivity index (χ0) is 21.1. The van der Waals surface area contributed by atoms with Crippen LogP contribution in [-0.4, -0.2) is 66.3 Å². The largest absolute Gasteiger partial charge is 0.467 e. The molecule has 3 aromatic rings. The van der Waals surface area contributed by atoms with Gasteiger partial charge in [0, 0.05) is 30.7 Å². The number of amides is 1. The van der Waals surface area contributed by atoms with Gasteiger partial charge in [-0.25, -0.2) is 18.4 Å². The zero-order valence-corrected chi connectivity index (χ0v) is 18.3. The van der Waals surface area contributed by atoms with Crippen LogP contribution in [0.2, 0.25) is 0 Å². The van der Waals surface area contributed by atoms with Gasteiger partial charge in [-0.1, -0.05) is 34.1 Å². The van der Waals surface area contributed by atoms with Crippen LogP contribution in [0.25, 0.3) is 10.9 Å². The van der Waals surface area contributed by atoms with E-state index in [4.69, 9.17) is 4.74 Å². The fraction of sp³-hybridized carbons (Fsp3) is 0.250. The van der Waals surface area contributed by atoms with Crippen LogP contribution < -0.4 is 4.74 Å². The van der Waals surface area contributed by atoms with E-state index in [1.165, 1.54) is 10.6 Å². The first kappa shape index (κ1) is 20.7. The van der Waals surface area contributed by atoms with Crippen LogP contribution in [0.15, 0.2) is 64.2 Å². The minimum atomic E-state index is -3.55. The summed E-state index contributed by atoms with van der Waals surface area (Å²) in [5.41, 5.74) is 0.718. The average Bonchev–Trinajstić information content (AvgIpc) is 2.78. The highest BCUT2D eigenvalue weighted by Gasteiger charge is 2.30. The van der Waals surface area contributed by atoms with Crippen molar-refractivity contribution in [3.05, 3.63) is 59.3 Å². The Morgan fingerprint density at radius 1 is 1.03 bits per heavy atom. The van der Waals surface area contributed by atoms with Crippen LogP contribution in [0.3, 0.4) is 0 Å². The Labute approximate surface area is 182 Å². The third-order valence-electron chi connectivity index (χ3n) is 4.87. The van der Waals surface area contributed by atoms with Crippen LogP contribution >= 0.6 is 15.9 Å². The summed E-state index contributed by atoms with van der Waals surface area (Å²) in [4.78, 5) is 22.8. The van der Waals surface area contributed by atoms with E-state index in [1.54, 1.807) is 35.2 Å². The van der Waals surface area contributed by atoms with E-state index in [0.717, 1.165) is 9.99 Å². The number of hydrogen-bond acceptors (Lipinski definition) is 6. The number of ether oxygens (including phenoxy) is 1. The summed E-state index contributed by atoms with van der Waals surface area (Å²) in [6.45, 7) is 0.928. The van der Waals surface area contributed by atoms with Gasteiger partial charge in [0.2, 0.25) is 15.9 Å². The molecule has 0 atom stereocenters. The first-order valence-corrected chi connectivity index (χ1v) is 11.5. The summed E-state index contributed by atoms with van der Waals surface area (Å²) in [6, 6.07) is 13.8. The Morgan fingerprint density at radius 2 is 1.77 bits per heavy atom. The topological polar surface area (TPSA) is 92.7 Å². The van der Waals surface area contributed by atoms with E-state index < -0.39 is 10.0 Å². The van der Waals surface area contributed by atoms with Gasteiger partial charge in [-0.15, -0.1) is 0 Å². The van der Waals surface area contributed by atoms with Crippen molar-refractivity contribution in [3.8, 4) is 5.88 Å². The van der Waals surface area contributed by atoms with E-state index in [2.05, 4.69) is 25.9 Å². The van der Waals surface area contributed by atoms with Crippen molar-refractivity contribution in [2.24, 2.45) is 0 Å². The lowest BCUT2D eigenvalue weighted by atomic mass is 10.2. The molecule has 1 fully saturated rings. The zero-order valence-electron chi connectivity index (χ0n) is 15.9. The molecule has 1 aliphatic rings. The first-order valence-electron chi connectivity index (χ1n) is 9.31. The number of hydrogen-bond donors (Lipinski definition) is 0. The van der Waals surface area contributed by atoms with Crippen molar-refractivity contribution < 1.29 is 17.9 Å². The van der Waals surface area contributed by atoms with E-state index in [9.17, 15) is 13.2 Å².